The molecule has 2 rings (SSSR count). The Kier molecular flexibility index (Phi) is 31.0. The van der Waals surface area contributed by atoms with Crippen LogP contribution in [0.2, 0.25) is 0 Å². The molecular formula is C55H93N3O17. The number of aliphatic hydroxyl groups excluding tert-OH is 9. The van der Waals surface area contributed by atoms with Crippen molar-refractivity contribution in [3.63, 3.8) is 0 Å². The Morgan fingerprint density at radius 2 is 1.48 bits per heavy atom. The number of hydrogen-bond donors (Lipinski definition) is 13. The average molecular weight is 1070 g/mol. The fourth-order valence-corrected chi connectivity index (χ4v) is 9.32. The maximum absolute atomic E-state index is 13.3. The average Bonchev–Trinajstić information content (AvgIpc) is 3.33. The zero-order valence-electron chi connectivity index (χ0n) is 45.2. The van der Waals surface area contributed by atoms with Gasteiger partial charge in [0.1, 0.15) is 24.7 Å². The molecule has 18 atom stereocenters. The Hall–Kier alpha value is -4.06. The normalized spacial score (nSPS) is 35.9. The fourth-order valence-electron chi connectivity index (χ4n) is 9.32. The number of nitrogens with one attached hydrogen (secondary N) is 1. The number of cyclic esters (lactones) is 1. The number of carbonyl (C=O) groups excluding carboxylic acids is 2. The quantitative estimate of drug-likeness (QED) is 0.0334. The van der Waals surface area contributed by atoms with Crippen molar-refractivity contribution in [1.29, 1.82) is 0 Å². The summed E-state index contributed by atoms with van der Waals surface area (Å²) in [7, 11) is 1.62. The van der Waals surface area contributed by atoms with Crippen LogP contribution in [0, 0.1) is 29.6 Å². The van der Waals surface area contributed by atoms with Gasteiger partial charge in [0.15, 0.2) is 11.7 Å². The number of nitrogens with zero attached hydrogens (tertiary/aromatic N) is 1. The lowest BCUT2D eigenvalue weighted by atomic mass is 9.84. The highest BCUT2D eigenvalue weighted by Crippen LogP contribution is 2.36. The lowest BCUT2D eigenvalue weighted by Gasteiger charge is -2.45. The second-order valence-electron chi connectivity index (χ2n) is 21.1. The maximum Gasteiger partial charge on any atom is 0.331 e. The number of nitrogens with two attached hydrogens (primary N) is 1. The Balaban J connectivity index is 2.40. The molecule has 20 heteroatoms. The van der Waals surface area contributed by atoms with E-state index in [0.717, 1.165) is 32.1 Å². The number of aliphatic imine (C=N–C) groups is 1. The predicted molar refractivity (Wildman–Crippen MR) is 282 cm³/mol. The topological polar surface area (TPSA) is 352 Å². The van der Waals surface area contributed by atoms with E-state index < -0.39 is 128 Å². The third-order valence-corrected chi connectivity index (χ3v) is 14.5. The first-order chi connectivity index (χ1) is 35.3. The number of rotatable bonds is 12. The van der Waals surface area contributed by atoms with E-state index in [0.29, 0.717) is 18.1 Å². The van der Waals surface area contributed by atoms with Gasteiger partial charge in [-0.15, -0.1) is 0 Å². The van der Waals surface area contributed by atoms with Gasteiger partial charge in [-0.3, -0.25) is 14.6 Å². The van der Waals surface area contributed by atoms with E-state index in [-0.39, 0.29) is 63.2 Å². The number of aliphatic hydroxyl groups is 10. The van der Waals surface area contributed by atoms with Gasteiger partial charge in [-0.05, 0) is 75.7 Å². The van der Waals surface area contributed by atoms with Crippen LogP contribution < -0.4 is 11.1 Å². The Morgan fingerprint density at radius 3 is 2.15 bits per heavy atom. The largest absolute Gasteiger partial charge is 0.481 e. The molecule has 0 aromatic rings. The number of carboxylic acids is 1. The summed E-state index contributed by atoms with van der Waals surface area (Å²) in [4.78, 5) is 41.1. The van der Waals surface area contributed by atoms with Crippen molar-refractivity contribution in [1.82, 2.24) is 5.32 Å². The van der Waals surface area contributed by atoms with Gasteiger partial charge >= 0.3 is 17.9 Å². The number of carbonyl (C=O) groups is 3. The van der Waals surface area contributed by atoms with Gasteiger partial charge in [0, 0.05) is 75.9 Å². The molecule has 0 aromatic carbocycles. The van der Waals surface area contributed by atoms with E-state index in [4.69, 9.17) is 19.9 Å². The van der Waals surface area contributed by atoms with Gasteiger partial charge in [-0.1, -0.05) is 83.2 Å². The highest BCUT2D eigenvalue weighted by molar-refractivity contribution is 5.90. The van der Waals surface area contributed by atoms with Crippen LogP contribution >= 0.6 is 0 Å². The summed E-state index contributed by atoms with van der Waals surface area (Å²) in [6, 6.07) is 0. The molecule has 0 amide bonds. The van der Waals surface area contributed by atoms with Crippen molar-refractivity contribution >= 4 is 23.9 Å². The van der Waals surface area contributed by atoms with Crippen LogP contribution in [-0.4, -0.2) is 173 Å². The van der Waals surface area contributed by atoms with E-state index in [1.807, 2.05) is 19.9 Å². The Labute approximate surface area is 443 Å². The van der Waals surface area contributed by atoms with E-state index >= 15 is 0 Å². The predicted octanol–water partition coefficient (Wildman–Crippen LogP) is 2.98. The number of hydrogen-bond acceptors (Lipinski definition) is 17. The third kappa shape index (κ3) is 25.8. The van der Waals surface area contributed by atoms with Gasteiger partial charge in [0.2, 0.25) is 0 Å². The molecular weight excluding hydrogens is 975 g/mol. The minimum atomic E-state index is -2.52. The summed E-state index contributed by atoms with van der Waals surface area (Å²) >= 11 is 0. The number of fused-ring (bicyclic) bond motifs is 2. The highest BCUT2D eigenvalue weighted by Gasteiger charge is 2.50. The van der Waals surface area contributed by atoms with E-state index in [9.17, 15) is 70.6 Å². The summed E-state index contributed by atoms with van der Waals surface area (Å²) in [6.07, 6.45) is 2.20. The maximum atomic E-state index is 13.3. The van der Waals surface area contributed by atoms with Crippen LogP contribution in [0.5, 0.6) is 0 Å². The minimum Gasteiger partial charge on any atom is -0.481 e. The molecule has 2 aliphatic rings. The molecule has 0 saturated carbocycles. The zero-order valence-corrected chi connectivity index (χ0v) is 45.2. The highest BCUT2D eigenvalue weighted by atomic mass is 16.7. The van der Waals surface area contributed by atoms with Crippen molar-refractivity contribution in [2.45, 2.75) is 217 Å². The van der Waals surface area contributed by atoms with Crippen molar-refractivity contribution in [2.75, 3.05) is 13.6 Å². The van der Waals surface area contributed by atoms with E-state index in [1.54, 1.807) is 59.0 Å². The first kappa shape index (κ1) is 67.1. The fraction of sp³-hybridized carbons (Fsp3) is 0.745. The van der Waals surface area contributed by atoms with E-state index in [2.05, 4.69) is 22.5 Å². The van der Waals surface area contributed by atoms with Crippen LogP contribution in [0.15, 0.2) is 65.2 Å². The number of aliphatic carboxylic acids is 1. The molecule has 18 unspecified atom stereocenters. The number of esters is 2. The summed E-state index contributed by atoms with van der Waals surface area (Å²) in [6.45, 7) is 11.3. The smallest absolute Gasteiger partial charge is 0.331 e. The molecule has 0 aromatic heterocycles. The first-order valence-electron chi connectivity index (χ1n) is 26.7. The van der Waals surface area contributed by atoms with Gasteiger partial charge in [0.05, 0.1) is 54.9 Å². The number of carboxylic acid groups (broad SMARTS) is 1. The molecule has 1 saturated heterocycles. The lowest BCUT2D eigenvalue weighted by molar-refractivity contribution is -0.333. The van der Waals surface area contributed by atoms with Crippen molar-refractivity contribution in [3.8, 4) is 0 Å². The Bertz CT molecular complexity index is 1880. The lowest BCUT2D eigenvalue weighted by Crippen LogP contribution is -2.60. The number of ether oxygens (including phenoxy) is 3. The van der Waals surface area contributed by atoms with Crippen LogP contribution in [0.1, 0.15) is 138 Å². The van der Waals surface area contributed by atoms with E-state index in [1.165, 1.54) is 12.2 Å². The number of guanidine groups is 1. The minimum absolute atomic E-state index is 0.0591. The van der Waals surface area contributed by atoms with Crippen LogP contribution in [0.4, 0.5) is 0 Å². The SMILES string of the molecule is CN=C(N)NCCC/C=C/CCCC(C)C1OC(=O)C=CC=CC(C)C(O)CC(O)C(C)C(O)CCC(C)C(O)CC2(O)OC(CC(OC(=O)CC(=O)O)CC(O)CC(O)CC(O)C(C)=CC=CC1C)CC(O)C2O. The molecule has 75 heavy (non-hydrogen) atoms. The first-order valence-corrected chi connectivity index (χ1v) is 26.7. The standard InChI is InChI=1S/C55H93N3O17/c1-33-17-13-14-21-50(69)74-52(36(4)18-12-10-8-9-11-15-24-58-54(56)57-7)37(5)20-16-19-34(2)44(62)27-40(60)25-39(59)26-41(73-51(70)31-49(67)68)28-42-29-47(65)53(71)55(72,75-42)32-48(66)35(3)22-23-43(61)38(6)46(64)30-45(33)63/h8-9,13-14,16-17,19-21,33,35-48,52-53,59-66,71-72H,10-12,15,18,22-32H2,1-7H3,(H,67,68)(H3,56,57,58)/b9-8+,17-13?,20-16?,21-14?,34-19?. The monoisotopic (exact) mass is 1070 g/mol. The van der Waals surface area contributed by atoms with Gasteiger partial charge in [-0.2, -0.15) is 0 Å². The Morgan fingerprint density at radius 1 is 0.827 bits per heavy atom. The summed E-state index contributed by atoms with van der Waals surface area (Å²) in [5.41, 5.74) is 6.16. The van der Waals surface area contributed by atoms with Gasteiger partial charge in [-0.25, -0.2) is 4.79 Å². The van der Waals surface area contributed by atoms with Crippen LogP contribution in [-0.2, 0) is 28.6 Å². The third-order valence-electron chi connectivity index (χ3n) is 14.5. The molecule has 0 radical (unpaired) electrons. The number of unbranched alkanes of at least 4 members (excludes halogenated alkanes) is 2. The van der Waals surface area contributed by atoms with Crippen LogP contribution in [0.3, 0.4) is 0 Å². The van der Waals surface area contributed by atoms with Crippen molar-refractivity contribution < 1.29 is 84.8 Å². The van der Waals surface area contributed by atoms with Crippen molar-refractivity contribution in [3.05, 3.63) is 60.3 Å². The molecule has 2 bridgehead atoms. The summed E-state index contributed by atoms with van der Waals surface area (Å²) in [5.74, 6) is -7.44. The second kappa shape index (κ2) is 34.7. The molecule has 0 spiro atoms. The molecule has 14 N–H and O–H groups in total. The summed E-state index contributed by atoms with van der Waals surface area (Å²) < 4.78 is 17.3. The van der Waals surface area contributed by atoms with Crippen LogP contribution in [0.25, 0.3) is 0 Å². The van der Waals surface area contributed by atoms with Gasteiger partial charge in [0.25, 0.3) is 0 Å². The second-order valence-corrected chi connectivity index (χ2v) is 21.1. The molecule has 1 fully saturated rings. The molecule has 2 aliphatic heterocycles. The molecule has 430 valence electrons. The number of allylic oxidation sites excluding steroid dienone is 6. The van der Waals surface area contributed by atoms with Gasteiger partial charge < -0.3 is 81.4 Å². The zero-order chi connectivity index (χ0) is 56.4. The van der Waals surface area contributed by atoms with Crippen molar-refractivity contribution in [2.24, 2.45) is 40.3 Å². The molecule has 20 nitrogen and oxygen atoms in total. The molecule has 2 heterocycles. The summed E-state index contributed by atoms with van der Waals surface area (Å²) in [5, 5.41) is 123. The molecule has 0 aliphatic carbocycles.